The highest BCUT2D eigenvalue weighted by Gasteiger charge is 2.41. The first-order valence-corrected chi connectivity index (χ1v) is 6.39. The highest BCUT2D eigenvalue weighted by molar-refractivity contribution is 5.66. The summed E-state index contributed by atoms with van der Waals surface area (Å²) >= 11 is 0. The second-order valence-electron chi connectivity index (χ2n) is 5.60. The monoisotopic (exact) mass is 222 g/mol. The third kappa shape index (κ3) is 2.02. The van der Waals surface area contributed by atoms with Gasteiger partial charge in [-0.05, 0) is 37.0 Å². The van der Waals surface area contributed by atoms with E-state index in [0.29, 0.717) is 5.41 Å². The van der Waals surface area contributed by atoms with Gasteiger partial charge in [0.05, 0.1) is 0 Å². The van der Waals surface area contributed by atoms with E-state index >= 15 is 0 Å². The summed E-state index contributed by atoms with van der Waals surface area (Å²) in [7, 11) is 0. The van der Waals surface area contributed by atoms with Crippen LogP contribution in [0.25, 0.3) is 0 Å². The first-order chi connectivity index (χ1) is 7.52. The lowest BCUT2D eigenvalue weighted by Gasteiger charge is -2.46. The Labute approximate surface area is 98.1 Å². The van der Waals surface area contributed by atoms with Crippen molar-refractivity contribution < 1.29 is 9.53 Å². The standard InChI is InChI=1S/C14H22O2/c1-10-5-4-6-12-9-13(16-11(2)15)7-8-14(10,12)3/h6,10,13H,4-5,7-9H2,1-3H3. The molecule has 16 heavy (non-hydrogen) atoms. The number of carbonyl (C=O) groups is 1. The number of allylic oxidation sites excluding steroid dienone is 1. The molecule has 3 unspecified atom stereocenters. The SMILES string of the molecule is CC(=O)OC1CCC2(C)C(=CCCC2C)C1. The van der Waals surface area contributed by atoms with Crippen LogP contribution < -0.4 is 0 Å². The zero-order valence-electron chi connectivity index (χ0n) is 10.6. The van der Waals surface area contributed by atoms with E-state index in [1.807, 2.05) is 0 Å². The van der Waals surface area contributed by atoms with E-state index in [2.05, 4.69) is 19.9 Å². The Morgan fingerprint density at radius 2 is 2.25 bits per heavy atom. The first kappa shape index (κ1) is 11.7. The third-order valence-corrected chi connectivity index (χ3v) is 4.58. The summed E-state index contributed by atoms with van der Waals surface area (Å²) in [6.45, 7) is 6.25. The molecule has 0 saturated heterocycles. The van der Waals surface area contributed by atoms with E-state index in [-0.39, 0.29) is 12.1 Å². The van der Waals surface area contributed by atoms with E-state index < -0.39 is 0 Å². The van der Waals surface area contributed by atoms with Gasteiger partial charge in [-0.15, -0.1) is 0 Å². The fourth-order valence-electron chi connectivity index (χ4n) is 3.24. The van der Waals surface area contributed by atoms with Crippen LogP contribution in [0.3, 0.4) is 0 Å². The average Bonchev–Trinajstić information content (AvgIpc) is 2.20. The van der Waals surface area contributed by atoms with E-state index in [0.717, 1.165) is 25.2 Å². The summed E-state index contributed by atoms with van der Waals surface area (Å²) in [4.78, 5) is 11.0. The normalized spacial score (nSPS) is 38.6. The molecule has 0 aromatic heterocycles. The first-order valence-electron chi connectivity index (χ1n) is 6.39. The maximum Gasteiger partial charge on any atom is 0.302 e. The molecule has 0 bridgehead atoms. The highest BCUT2D eigenvalue weighted by Crippen LogP contribution is 2.50. The smallest absolute Gasteiger partial charge is 0.302 e. The van der Waals surface area contributed by atoms with E-state index in [4.69, 9.17) is 4.74 Å². The molecule has 2 aliphatic carbocycles. The van der Waals surface area contributed by atoms with Crippen LogP contribution in [0, 0.1) is 11.3 Å². The molecule has 1 saturated carbocycles. The van der Waals surface area contributed by atoms with Gasteiger partial charge in [0, 0.05) is 13.3 Å². The molecular formula is C14H22O2. The molecular weight excluding hydrogens is 200 g/mol. The van der Waals surface area contributed by atoms with Gasteiger partial charge in [-0.3, -0.25) is 4.79 Å². The van der Waals surface area contributed by atoms with Crippen molar-refractivity contribution in [2.75, 3.05) is 0 Å². The second kappa shape index (κ2) is 4.23. The molecule has 3 atom stereocenters. The van der Waals surface area contributed by atoms with Crippen molar-refractivity contribution in [2.45, 2.75) is 59.0 Å². The lowest BCUT2D eigenvalue weighted by Crippen LogP contribution is -2.38. The molecule has 0 aromatic carbocycles. The van der Waals surface area contributed by atoms with Crippen molar-refractivity contribution in [3.05, 3.63) is 11.6 Å². The summed E-state index contributed by atoms with van der Waals surface area (Å²) in [5, 5.41) is 0. The number of fused-ring (bicyclic) bond motifs is 1. The molecule has 2 aliphatic rings. The molecule has 90 valence electrons. The lowest BCUT2D eigenvalue weighted by molar-refractivity contribution is -0.148. The number of esters is 1. The molecule has 0 aliphatic heterocycles. The Morgan fingerprint density at radius 3 is 2.94 bits per heavy atom. The minimum atomic E-state index is -0.141. The molecule has 1 fully saturated rings. The van der Waals surface area contributed by atoms with Crippen LogP contribution in [0.5, 0.6) is 0 Å². The summed E-state index contributed by atoms with van der Waals surface area (Å²) < 4.78 is 5.34. The van der Waals surface area contributed by atoms with Crippen LogP contribution in [0.2, 0.25) is 0 Å². The largest absolute Gasteiger partial charge is 0.462 e. The van der Waals surface area contributed by atoms with Gasteiger partial charge in [-0.25, -0.2) is 0 Å². The van der Waals surface area contributed by atoms with Gasteiger partial charge in [0.1, 0.15) is 6.10 Å². The Kier molecular flexibility index (Phi) is 3.09. The molecule has 0 N–H and O–H groups in total. The van der Waals surface area contributed by atoms with Gasteiger partial charge >= 0.3 is 5.97 Å². The van der Waals surface area contributed by atoms with Crippen molar-refractivity contribution in [3.63, 3.8) is 0 Å². The van der Waals surface area contributed by atoms with Crippen molar-refractivity contribution in [1.29, 1.82) is 0 Å². The van der Waals surface area contributed by atoms with Crippen molar-refractivity contribution in [1.82, 2.24) is 0 Å². The summed E-state index contributed by atoms with van der Waals surface area (Å²) in [6.07, 6.45) is 8.16. The number of ether oxygens (including phenoxy) is 1. The van der Waals surface area contributed by atoms with Gasteiger partial charge in [0.2, 0.25) is 0 Å². The van der Waals surface area contributed by atoms with Gasteiger partial charge < -0.3 is 4.74 Å². The number of hydrogen-bond donors (Lipinski definition) is 0. The Hall–Kier alpha value is -0.790. The van der Waals surface area contributed by atoms with Gasteiger partial charge in [-0.1, -0.05) is 25.5 Å². The summed E-state index contributed by atoms with van der Waals surface area (Å²) in [5.74, 6) is 0.629. The summed E-state index contributed by atoms with van der Waals surface area (Å²) in [6, 6.07) is 0. The number of rotatable bonds is 1. The van der Waals surface area contributed by atoms with Crippen LogP contribution in [0.15, 0.2) is 11.6 Å². The predicted molar refractivity (Wildman–Crippen MR) is 64.0 cm³/mol. The van der Waals surface area contributed by atoms with Crippen LogP contribution in [-0.2, 0) is 9.53 Å². The van der Waals surface area contributed by atoms with Gasteiger partial charge in [0.25, 0.3) is 0 Å². The molecule has 2 heteroatoms. The highest BCUT2D eigenvalue weighted by atomic mass is 16.5. The fraction of sp³-hybridized carbons (Fsp3) is 0.786. The van der Waals surface area contributed by atoms with Crippen molar-refractivity contribution in [3.8, 4) is 0 Å². The average molecular weight is 222 g/mol. The van der Waals surface area contributed by atoms with E-state index in [1.54, 1.807) is 0 Å². The molecule has 2 nitrogen and oxygen atoms in total. The zero-order chi connectivity index (χ0) is 11.8. The lowest BCUT2D eigenvalue weighted by atomic mass is 9.60. The van der Waals surface area contributed by atoms with Crippen LogP contribution in [0.1, 0.15) is 52.9 Å². The van der Waals surface area contributed by atoms with Crippen molar-refractivity contribution >= 4 is 5.97 Å². The van der Waals surface area contributed by atoms with E-state index in [9.17, 15) is 4.79 Å². The molecule has 0 spiro atoms. The van der Waals surface area contributed by atoms with Gasteiger partial charge in [0.15, 0.2) is 0 Å². The molecule has 0 heterocycles. The topological polar surface area (TPSA) is 26.3 Å². The summed E-state index contributed by atoms with van der Waals surface area (Å²) in [5.41, 5.74) is 1.90. The molecule has 0 amide bonds. The minimum Gasteiger partial charge on any atom is -0.462 e. The molecule has 2 rings (SSSR count). The molecule has 0 aromatic rings. The maximum absolute atomic E-state index is 11.0. The van der Waals surface area contributed by atoms with Crippen LogP contribution in [0.4, 0.5) is 0 Å². The van der Waals surface area contributed by atoms with Crippen LogP contribution >= 0.6 is 0 Å². The number of hydrogen-bond acceptors (Lipinski definition) is 2. The Morgan fingerprint density at radius 1 is 1.50 bits per heavy atom. The Balaban J connectivity index is 2.10. The van der Waals surface area contributed by atoms with Crippen LogP contribution in [-0.4, -0.2) is 12.1 Å². The zero-order valence-corrected chi connectivity index (χ0v) is 10.6. The quantitative estimate of drug-likeness (QED) is 0.501. The number of carbonyl (C=O) groups excluding carboxylic acids is 1. The second-order valence-corrected chi connectivity index (χ2v) is 5.60. The Bertz CT molecular complexity index is 319. The predicted octanol–water partition coefficient (Wildman–Crippen LogP) is 3.46. The minimum absolute atomic E-state index is 0.127. The van der Waals surface area contributed by atoms with E-state index in [1.165, 1.54) is 25.3 Å². The fourth-order valence-corrected chi connectivity index (χ4v) is 3.24. The van der Waals surface area contributed by atoms with Gasteiger partial charge in [-0.2, -0.15) is 0 Å². The molecule has 0 radical (unpaired) electrons. The van der Waals surface area contributed by atoms with Crippen molar-refractivity contribution in [2.24, 2.45) is 11.3 Å². The third-order valence-electron chi connectivity index (χ3n) is 4.58. The maximum atomic E-state index is 11.0.